The SMILES string of the molecule is COc1cc2c(cc1OCCCCCC(=O)N1C[C@@H](CCl)c3c1cc(OCc1ccc(NC(=O)C(CCCNC(N)=O)NC(=O)C(NC(=O)CCCCCN4C(=O)C=CC4=O)C(C)C)cc1)c1ccccc31)N(C(=O)O)C(O)C1CCCN1C2=O. The van der Waals surface area contributed by atoms with Crippen molar-refractivity contribution in [2.75, 3.05) is 60.9 Å². The number of imide groups is 1. The maximum Gasteiger partial charge on any atom is 0.414 e. The van der Waals surface area contributed by atoms with E-state index >= 15 is 0 Å². The highest BCUT2D eigenvalue weighted by atomic mass is 35.5. The van der Waals surface area contributed by atoms with E-state index in [9.17, 15) is 53.4 Å². The van der Waals surface area contributed by atoms with Crippen molar-refractivity contribution in [2.24, 2.45) is 11.7 Å². The summed E-state index contributed by atoms with van der Waals surface area (Å²) in [6, 6.07) is 16.1. The van der Waals surface area contributed by atoms with Gasteiger partial charge in [-0.3, -0.25) is 38.5 Å². The number of halogens is 1. The summed E-state index contributed by atoms with van der Waals surface area (Å²) >= 11 is 6.58. The van der Waals surface area contributed by atoms with Crippen LogP contribution < -0.4 is 51.0 Å². The third-order valence-electron chi connectivity index (χ3n) is 15.7. The molecular weight excluding hydrogens is 1120 g/mol. The van der Waals surface area contributed by atoms with Crippen molar-refractivity contribution in [3.05, 3.63) is 95.6 Å². The van der Waals surface area contributed by atoms with E-state index in [-0.39, 0.29) is 116 Å². The zero-order valence-electron chi connectivity index (χ0n) is 47.9. The molecule has 0 radical (unpaired) electrons. The van der Waals surface area contributed by atoms with Gasteiger partial charge >= 0.3 is 12.1 Å². The number of rotatable bonds is 28. The second-order valence-electron chi connectivity index (χ2n) is 21.9. The largest absolute Gasteiger partial charge is 0.493 e. The molecule has 4 aromatic rings. The Labute approximate surface area is 497 Å². The minimum atomic E-state index is -1.46. The van der Waals surface area contributed by atoms with Crippen molar-refractivity contribution in [1.29, 1.82) is 0 Å². The van der Waals surface area contributed by atoms with Crippen LogP contribution in [0, 0.1) is 5.92 Å². The monoisotopic (exact) mass is 1190 g/mol. The molecule has 0 bridgehead atoms. The number of unbranched alkanes of at least 4 members (excludes halogenated alkanes) is 4. The number of anilines is 3. The quantitative estimate of drug-likeness (QED) is 0.0178. The van der Waals surface area contributed by atoms with Crippen molar-refractivity contribution in [1.82, 2.24) is 25.8 Å². The Kier molecular flexibility index (Phi) is 21.3. The van der Waals surface area contributed by atoms with Gasteiger partial charge in [0.05, 0.1) is 36.7 Å². The summed E-state index contributed by atoms with van der Waals surface area (Å²) in [5, 5.41) is 34.0. The van der Waals surface area contributed by atoms with Crippen LogP contribution in [0.25, 0.3) is 10.8 Å². The van der Waals surface area contributed by atoms with Crippen LogP contribution in [0.4, 0.5) is 26.7 Å². The van der Waals surface area contributed by atoms with Gasteiger partial charge in [-0.15, -0.1) is 11.6 Å². The number of amides is 10. The number of urea groups is 1. The van der Waals surface area contributed by atoms with Gasteiger partial charge in [-0.2, -0.15) is 0 Å². The summed E-state index contributed by atoms with van der Waals surface area (Å²) in [5.41, 5.74) is 8.24. The molecule has 0 aliphatic carbocycles. The number of carbonyl (C=O) groups is 9. The van der Waals surface area contributed by atoms with E-state index in [1.54, 1.807) is 43.0 Å². The molecule has 4 aliphatic rings. The lowest BCUT2D eigenvalue weighted by atomic mass is 9.95. The molecule has 0 saturated carbocycles. The van der Waals surface area contributed by atoms with Crippen molar-refractivity contribution in [2.45, 2.75) is 128 Å². The number of methoxy groups -OCH3 is 1. The van der Waals surface area contributed by atoms with Gasteiger partial charge < -0.3 is 61.2 Å². The summed E-state index contributed by atoms with van der Waals surface area (Å²) in [7, 11) is 1.43. The zero-order chi connectivity index (χ0) is 60.9. The average Bonchev–Trinajstić information content (AvgIpc) is 1.83. The Morgan fingerprint density at radius 3 is 2.20 bits per heavy atom. The minimum Gasteiger partial charge on any atom is -0.493 e. The first kappa shape index (κ1) is 62.6. The van der Waals surface area contributed by atoms with Gasteiger partial charge in [0.1, 0.15) is 24.4 Å². The molecule has 85 heavy (non-hydrogen) atoms. The number of primary amides is 1. The molecule has 1 fully saturated rings. The molecule has 23 nitrogen and oxygen atoms in total. The predicted octanol–water partition coefficient (Wildman–Crippen LogP) is 6.65. The maximum absolute atomic E-state index is 14.1. The van der Waals surface area contributed by atoms with Crippen LogP contribution in [0.2, 0.25) is 0 Å². The molecule has 0 aromatic heterocycles. The smallest absolute Gasteiger partial charge is 0.414 e. The number of nitrogens with one attached hydrogen (secondary N) is 4. The summed E-state index contributed by atoms with van der Waals surface area (Å²) in [6.07, 6.45) is 4.74. The molecule has 1 saturated heterocycles. The number of fused-ring (bicyclic) bond motifs is 5. The fraction of sp³-hybridized carbons (Fsp3) is 0.459. The third-order valence-corrected chi connectivity index (χ3v) is 16.1. The number of carbonyl (C=O) groups excluding carboxylic acids is 8. The highest BCUT2D eigenvalue weighted by Crippen LogP contribution is 2.46. The standard InChI is InChI=1S/C61H74ClN9O14/c1-36(2)55(67-50(72)18-6-4-10-27-69-52(74)24-25-53(69)75)57(77)66-43(16-12-26-64-60(63)80)56(76)65-39-22-20-37(21-23-39)35-85-47-32-46-54(41-15-9-8-14-40(41)47)38(33-62)34-70(46)51(73)19-7-5-11-29-84-49-31-45-42(30-48(49)83-3)58(78)68-28-13-17-44(68)59(79)71(45)61(81)82/h8-9,14-15,20-25,30-32,36,38,43-44,55,59,79H,4-7,10-13,16-19,26-29,33-35H2,1-3H3,(H,65,76)(H,66,77)(H,67,72)(H,81,82)(H3,63,64,80)/t38-,43?,44?,55?,59?/m1/s1. The van der Waals surface area contributed by atoms with Crippen LogP contribution in [0.5, 0.6) is 17.2 Å². The zero-order valence-corrected chi connectivity index (χ0v) is 48.7. The molecule has 4 aliphatic heterocycles. The molecular formula is C61H74ClN9O14. The number of hydrogen-bond acceptors (Lipinski definition) is 13. The first-order valence-corrected chi connectivity index (χ1v) is 29.4. The molecule has 24 heteroatoms. The van der Waals surface area contributed by atoms with Crippen molar-refractivity contribution in [3.8, 4) is 17.2 Å². The third kappa shape index (κ3) is 15.1. The number of hydrogen-bond donors (Lipinski definition) is 7. The molecule has 8 N–H and O–H groups in total. The Balaban J connectivity index is 0.854. The Bertz CT molecular complexity index is 3180. The van der Waals surface area contributed by atoms with Crippen molar-refractivity contribution >= 4 is 92.9 Å². The van der Waals surface area contributed by atoms with E-state index in [1.807, 2.05) is 30.3 Å². The normalized spacial score (nSPS) is 17.7. The van der Waals surface area contributed by atoms with Gasteiger partial charge in [0.15, 0.2) is 17.7 Å². The molecule has 4 heterocycles. The fourth-order valence-corrected chi connectivity index (χ4v) is 11.5. The van der Waals surface area contributed by atoms with E-state index in [0.29, 0.717) is 88.0 Å². The lowest BCUT2D eigenvalue weighted by Crippen LogP contribution is -2.54. The molecule has 5 atom stereocenters. The summed E-state index contributed by atoms with van der Waals surface area (Å²) in [4.78, 5) is 121. The van der Waals surface area contributed by atoms with E-state index in [4.69, 9.17) is 31.5 Å². The molecule has 0 spiro atoms. The average molecular weight is 1190 g/mol. The predicted molar refractivity (Wildman–Crippen MR) is 317 cm³/mol. The lowest BCUT2D eigenvalue weighted by molar-refractivity contribution is -0.137. The molecule has 454 valence electrons. The number of carboxylic acid groups (broad SMARTS) is 1. The number of aliphatic hydroxyl groups excluding tert-OH is 1. The van der Waals surface area contributed by atoms with Gasteiger partial charge in [-0.25, -0.2) is 14.5 Å². The van der Waals surface area contributed by atoms with Crippen LogP contribution in [0.3, 0.4) is 0 Å². The number of nitrogens with zero attached hydrogens (tertiary/aromatic N) is 4. The molecule has 4 unspecified atom stereocenters. The van der Waals surface area contributed by atoms with E-state index in [1.165, 1.54) is 36.3 Å². The van der Waals surface area contributed by atoms with Crippen molar-refractivity contribution < 1.29 is 67.6 Å². The minimum absolute atomic E-state index is 0.0138. The van der Waals surface area contributed by atoms with E-state index in [2.05, 4.69) is 21.3 Å². The van der Waals surface area contributed by atoms with E-state index in [0.717, 1.165) is 31.7 Å². The Morgan fingerprint density at radius 1 is 0.800 bits per heavy atom. The number of ether oxygens (including phenoxy) is 3. The highest BCUT2D eigenvalue weighted by Gasteiger charge is 2.45. The van der Waals surface area contributed by atoms with Crippen LogP contribution in [0.1, 0.15) is 118 Å². The van der Waals surface area contributed by atoms with Crippen LogP contribution >= 0.6 is 11.6 Å². The van der Waals surface area contributed by atoms with Gasteiger partial charge in [0, 0.05) is 86.2 Å². The number of nitrogens with two attached hydrogens (primary N) is 1. The van der Waals surface area contributed by atoms with E-state index < -0.39 is 48.3 Å². The Morgan fingerprint density at radius 2 is 1.51 bits per heavy atom. The number of alkyl halides is 1. The summed E-state index contributed by atoms with van der Waals surface area (Å²) in [6.45, 7) is 5.07. The molecule has 10 amide bonds. The summed E-state index contributed by atoms with van der Waals surface area (Å²) < 4.78 is 18.2. The lowest BCUT2D eigenvalue weighted by Gasteiger charge is -2.30. The fourth-order valence-electron chi connectivity index (χ4n) is 11.3. The summed E-state index contributed by atoms with van der Waals surface area (Å²) in [5.74, 6) is -1.82. The Hall–Kier alpha value is -8.44. The van der Waals surface area contributed by atoms with Gasteiger partial charge in [0.2, 0.25) is 23.6 Å². The first-order valence-electron chi connectivity index (χ1n) is 28.9. The number of benzene rings is 4. The second kappa shape index (κ2) is 28.9. The number of aliphatic hydroxyl groups is 1. The van der Waals surface area contributed by atoms with Crippen LogP contribution in [-0.2, 0) is 35.4 Å². The van der Waals surface area contributed by atoms with Crippen LogP contribution in [-0.4, -0.2) is 144 Å². The topological polar surface area (TPSA) is 309 Å². The second-order valence-corrected chi connectivity index (χ2v) is 22.2. The van der Waals surface area contributed by atoms with Crippen LogP contribution in [0.15, 0.2) is 78.9 Å². The highest BCUT2D eigenvalue weighted by molar-refractivity contribution is 6.19. The molecule has 8 rings (SSSR count). The maximum atomic E-state index is 14.1. The van der Waals surface area contributed by atoms with Gasteiger partial charge in [0.25, 0.3) is 17.7 Å². The van der Waals surface area contributed by atoms with Crippen molar-refractivity contribution in [3.63, 3.8) is 0 Å². The first-order chi connectivity index (χ1) is 40.9. The van der Waals surface area contributed by atoms with Gasteiger partial charge in [-0.1, -0.05) is 56.7 Å². The van der Waals surface area contributed by atoms with Gasteiger partial charge in [-0.05, 0) is 98.4 Å². The molecule has 4 aromatic carbocycles.